The number of hydrogen-bond donors (Lipinski definition) is 0. The van der Waals surface area contributed by atoms with E-state index in [1.54, 1.807) is 0 Å². The molecule has 0 bridgehead atoms. The molecule has 1 aliphatic rings. The number of rotatable bonds is 12. The highest BCUT2D eigenvalue weighted by atomic mass is 127. The van der Waals surface area contributed by atoms with Gasteiger partial charge in [0.1, 0.15) is 19.6 Å². The fourth-order valence-electron chi connectivity index (χ4n) is 3.27. The number of esters is 1. The van der Waals surface area contributed by atoms with Crippen molar-refractivity contribution in [1.82, 2.24) is 0 Å². The van der Waals surface area contributed by atoms with E-state index in [0.717, 1.165) is 56.7 Å². The molecule has 1 saturated heterocycles. The maximum Gasteiger partial charge on any atom is 0.311 e. The van der Waals surface area contributed by atoms with Crippen LogP contribution in [-0.4, -0.2) is 55.9 Å². The van der Waals surface area contributed by atoms with Gasteiger partial charge < -0.3 is 14.0 Å². The standard InChI is InChI=1S/C20H35INO3/c1-3-4-5-6-7-8-10-19(2)25-20(23)11-14-22(13-9-12-21)15-17-24-18-16-22/h19H,3-8,10-11,13-18H2,1-2H3/q+1. The van der Waals surface area contributed by atoms with Crippen LogP contribution in [-0.2, 0) is 14.3 Å². The van der Waals surface area contributed by atoms with Gasteiger partial charge in [0.25, 0.3) is 0 Å². The molecule has 0 aromatic rings. The summed E-state index contributed by atoms with van der Waals surface area (Å²) in [4.78, 5) is 12.2. The molecule has 144 valence electrons. The molecule has 5 heteroatoms. The van der Waals surface area contributed by atoms with E-state index in [9.17, 15) is 4.79 Å². The second kappa shape index (κ2) is 13.8. The van der Waals surface area contributed by atoms with E-state index in [-0.39, 0.29) is 12.1 Å². The van der Waals surface area contributed by atoms with Gasteiger partial charge in [0, 0.05) is 22.6 Å². The van der Waals surface area contributed by atoms with Crippen molar-refractivity contribution in [1.29, 1.82) is 0 Å². The summed E-state index contributed by atoms with van der Waals surface area (Å²) < 4.78 is 14.9. The lowest BCUT2D eigenvalue weighted by Crippen LogP contribution is -2.56. The van der Waals surface area contributed by atoms with Crippen molar-refractivity contribution in [3.8, 4) is 9.85 Å². The van der Waals surface area contributed by atoms with Gasteiger partial charge in [0.05, 0.1) is 32.3 Å². The van der Waals surface area contributed by atoms with Gasteiger partial charge in [0.2, 0.25) is 0 Å². The Kier molecular flexibility index (Phi) is 12.6. The second-order valence-electron chi connectivity index (χ2n) is 7.16. The molecule has 1 fully saturated rings. The summed E-state index contributed by atoms with van der Waals surface area (Å²) in [5, 5.41) is 0. The molecule has 1 unspecified atom stereocenters. The van der Waals surface area contributed by atoms with E-state index in [1.807, 2.05) is 6.92 Å². The van der Waals surface area contributed by atoms with Crippen molar-refractivity contribution in [3.05, 3.63) is 0 Å². The SMILES string of the molecule is CCCCCCCCC(C)OC(=O)CC[N+]1(CC#CI)CCOCC1. The lowest BCUT2D eigenvalue weighted by molar-refractivity contribution is -0.928. The van der Waals surface area contributed by atoms with Crippen LogP contribution in [0.5, 0.6) is 0 Å². The Morgan fingerprint density at radius 3 is 2.56 bits per heavy atom. The van der Waals surface area contributed by atoms with Crippen LogP contribution in [0.25, 0.3) is 0 Å². The number of carbonyl (C=O) groups is 1. The summed E-state index contributed by atoms with van der Waals surface area (Å²) in [6.07, 6.45) is 9.13. The zero-order valence-electron chi connectivity index (χ0n) is 16.0. The minimum atomic E-state index is -0.0649. The molecule has 4 nitrogen and oxygen atoms in total. The van der Waals surface area contributed by atoms with E-state index >= 15 is 0 Å². The monoisotopic (exact) mass is 464 g/mol. The average molecular weight is 464 g/mol. The lowest BCUT2D eigenvalue weighted by Gasteiger charge is -2.39. The molecule has 1 rings (SSSR count). The maximum absolute atomic E-state index is 12.2. The van der Waals surface area contributed by atoms with E-state index in [4.69, 9.17) is 9.47 Å². The number of halogens is 1. The van der Waals surface area contributed by atoms with E-state index in [0.29, 0.717) is 6.42 Å². The molecule has 0 aromatic carbocycles. The number of morpholine rings is 1. The highest BCUT2D eigenvalue weighted by molar-refractivity contribution is 14.1. The van der Waals surface area contributed by atoms with Crippen LogP contribution in [0.2, 0.25) is 0 Å². The second-order valence-corrected chi connectivity index (χ2v) is 7.70. The Hall–Kier alpha value is -0.320. The van der Waals surface area contributed by atoms with Crippen LogP contribution in [0.4, 0.5) is 0 Å². The topological polar surface area (TPSA) is 35.5 Å². The minimum absolute atomic E-state index is 0.0333. The molecule has 1 aliphatic heterocycles. The first kappa shape index (κ1) is 22.7. The molecule has 1 atom stereocenters. The van der Waals surface area contributed by atoms with Gasteiger partial charge in [-0.05, 0) is 29.6 Å². The third kappa shape index (κ3) is 10.4. The smallest absolute Gasteiger partial charge is 0.311 e. The molecule has 0 aliphatic carbocycles. The van der Waals surface area contributed by atoms with Crippen LogP contribution in [0.15, 0.2) is 0 Å². The number of nitrogens with zero attached hydrogens (tertiary/aromatic N) is 1. The molecular formula is C20H35INO3+. The molecule has 0 radical (unpaired) electrons. The number of unbranched alkanes of at least 4 members (excludes halogenated alkanes) is 5. The third-order valence-electron chi connectivity index (χ3n) is 4.99. The third-order valence-corrected chi connectivity index (χ3v) is 5.37. The van der Waals surface area contributed by atoms with E-state index < -0.39 is 0 Å². The highest BCUT2D eigenvalue weighted by Gasteiger charge is 2.30. The first-order valence-electron chi connectivity index (χ1n) is 9.83. The van der Waals surface area contributed by atoms with Gasteiger partial charge in [0.15, 0.2) is 0 Å². The van der Waals surface area contributed by atoms with Gasteiger partial charge in [-0.2, -0.15) is 0 Å². The molecule has 0 spiro atoms. The number of quaternary nitrogens is 1. The van der Waals surface area contributed by atoms with Gasteiger partial charge in [-0.25, -0.2) is 0 Å². The lowest BCUT2D eigenvalue weighted by atomic mass is 10.1. The largest absolute Gasteiger partial charge is 0.462 e. The van der Waals surface area contributed by atoms with Gasteiger partial charge in [-0.15, -0.1) is 0 Å². The summed E-state index contributed by atoms with van der Waals surface area (Å²) >= 11 is 2.08. The predicted octanol–water partition coefficient (Wildman–Crippen LogP) is 4.30. The van der Waals surface area contributed by atoms with Crippen LogP contribution < -0.4 is 0 Å². The molecule has 25 heavy (non-hydrogen) atoms. The fourth-order valence-corrected chi connectivity index (χ4v) is 3.44. The van der Waals surface area contributed by atoms with Crippen molar-refractivity contribution in [3.63, 3.8) is 0 Å². The zero-order chi connectivity index (χ0) is 18.4. The van der Waals surface area contributed by atoms with Gasteiger partial charge in [-0.1, -0.05) is 39.0 Å². The molecule has 0 saturated carbocycles. The number of ether oxygens (including phenoxy) is 2. The van der Waals surface area contributed by atoms with Crippen molar-refractivity contribution in [2.24, 2.45) is 0 Å². The Bertz CT molecular complexity index is 424. The molecule has 0 N–H and O–H groups in total. The van der Waals surface area contributed by atoms with Gasteiger partial charge in [-0.3, -0.25) is 4.79 Å². The zero-order valence-corrected chi connectivity index (χ0v) is 18.2. The van der Waals surface area contributed by atoms with E-state index in [2.05, 4.69) is 39.4 Å². The van der Waals surface area contributed by atoms with Crippen molar-refractivity contribution >= 4 is 28.6 Å². The van der Waals surface area contributed by atoms with Crippen LogP contribution in [0.1, 0.15) is 65.2 Å². The molecular weight excluding hydrogens is 429 g/mol. The van der Waals surface area contributed by atoms with Crippen LogP contribution in [0, 0.1) is 9.85 Å². The summed E-state index contributed by atoms with van der Waals surface area (Å²) in [6.45, 7) is 9.24. The van der Waals surface area contributed by atoms with Crippen LogP contribution in [0.3, 0.4) is 0 Å². The Labute approximate surface area is 167 Å². The maximum atomic E-state index is 12.2. The minimum Gasteiger partial charge on any atom is -0.462 e. The first-order valence-corrected chi connectivity index (χ1v) is 10.9. The summed E-state index contributed by atoms with van der Waals surface area (Å²) in [5.74, 6) is 3.11. The normalized spacial score (nSPS) is 17.4. The number of hydrogen-bond acceptors (Lipinski definition) is 3. The summed E-state index contributed by atoms with van der Waals surface area (Å²) in [7, 11) is 0. The highest BCUT2D eigenvalue weighted by Crippen LogP contribution is 2.14. The van der Waals surface area contributed by atoms with E-state index in [1.165, 1.54) is 32.1 Å². The Morgan fingerprint density at radius 2 is 1.88 bits per heavy atom. The molecule has 1 heterocycles. The molecule has 0 aromatic heterocycles. The van der Waals surface area contributed by atoms with Crippen LogP contribution >= 0.6 is 22.6 Å². The van der Waals surface area contributed by atoms with Crippen molar-refractivity contribution in [2.45, 2.75) is 71.3 Å². The Balaban J connectivity index is 2.23. The van der Waals surface area contributed by atoms with Gasteiger partial charge >= 0.3 is 5.97 Å². The first-order chi connectivity index (χ1) is 12.1. The number of carbonyl (C=O) groups excluding carboxylic acids is 1. The molecule has 0 amide bonds. The quantitative estimate of drug-likeness (QED) is 0.142. The van der Waals surface area contributed by atoms with Crippen molar-refractivity contribution in [2.75, 3.05) is 39.4 Å². The predicted molar refractivity (Wildman–Crippen MR) is 111 cm³/mol. The summed E-state index contributed by atoms with van der Waals surface area (Å²) in [6, 6.07) is 0. The summed E-state index contributed by atoms with van der Waals surface area (Å²) in [5.41, 5.74) is 0. The van der Waals surface area contributed by atoms with Crippen molar-refractivity contribution < 1.29 is 18.8 Å². The average Bonchev–Trinajstić information content (AvgIpc) is 2.62. The Morgan fingerprint density at radius 1 is 1.20 bits per heavy atom. The fraction of sp³-hybridized carbons (Fsp3) is 0.850.